The Morgan fingerprint density at radius 1 is 1.26 bits per heavy atom. The first-order valence-electron chi connectivity index (χ1n) is 8.09. The van der Waals surface area contributed by atoms with Crippen LogP contribution in [0.5, 0.6) is 0 Å². The number of nitrogens with one attached hydrogen (secondary N) is 2. The maximum Gasteiger partial charge on any atom is 0.314 e. The van der Waals surface area contributed by atoms with Gasteiger partial charge in [0.1, 0.15) is 0 Å². The van der Waals surface area contributed by atoms with Gasteiger partial charge in [0.15, 0.2) is 0 Å². The molecule has 1 aromatic carbocycles. The van der Waals surface area contributed by atoms with Crippen LogP contribution in [-0.2, 0) is 9.47 Å². The normalized spacial score (nSPS) is 16.8. The maximum atomic E-state index is 11.9. The van der Waals surface area contributed by atoms with Crippen LogP contribution in [-0.4, -0.2) is 64.0 Å². The zero-order valence-electron chi connectivity index (χ0n) is 14.0. The van der Waals surface area contributed by atoms with E-state index < -0.39 is 0 Å². The Morgan fingerprint density at radius 2 is 1.96 bits per heavy atom. The number of aryl methyl sites for hydroxylation is 1. The van der Waals surface area contributed by atoms with Crippen LogP contribution in [0.2, 0.25) is 0 Å². The maximum absolute atomic E-state index is 11.9. The van der Waals surface area contributed by atoms with Crippen molar-refractivity contribution in [1.29, 1.82) is 0 Å². The summed E-state index contributed by atoms with van der Waals surface area (Å²) in [6, 6.07) is 8.50. The zero-order chi connectivity index (χ0) is 16.5. The molecule has 1 aliphatic rings. The molecule has 1 unspecified atom stereocenters. The SMILES string of the molecule is COCCNC(=O)NCC(c1ccc(C)cc1)N1CCOCC1. The van der Waals surface area contributed by atoms with Gasteiger partial charge in [-0.05, 0) is 12.5 Å². The van der Waals surface area contributed by atoms with Crippen molar-refractivity contribution < 1.29 is 14.3 Å². The minimum Gasteiger partial charge on any atom is -0.383 e. The second-order valence-corrected chi connectivity index (χ2v) is 5.70. The second kappa shape index (κ2) is 9.50. The van der Waals surface area contributed by atoms with Gasteiger partial charge in [-0.3, -0.25) is 4.90 Å². The molecule has 0 radical (unpaired) electrons. The lowest BCUT2D eigenvalue weighted by molar-refractivity contribution is 0.0167. The molecule has 0 aromatic heterocycles. The molecule has 0 bridgehead atoms. The number of morpholine rings is 1. The van der Waals surface area contributed by atoms with Gasteiger partial charge in [0.25, 0.3) is 0 Å². The molecule has 1 aliphatic heterocycles. The Bertz CT molecular complexity index is 472. The number of urea groups is 1. The van der Waals surface area contributed by atoms with E-state index in [9.17, 15) is 4.79 Å². The zero-order valence-corrected chi connectivity index (χ0v) is 14.0. The minimum atomic E-state index is -0.160. The third-order valence-corrected chi connectivity index (χ3v) is 4.00. The number of nitrogens with zero attached hydrogens (tertiary/aromatic N) is 1. The summed E-state index contributed by atoms with van der Waals surface area (Å²) in [5.74, 6) is 0. The smallest absolute Gasteiger partial charge is 0.314 e. The fourth-order valence-corrected chi connectivity index (χ4v) is 2.65. The molecule has 6 heteroatoms. The summed E-state index contributed by atoms with van der Waals surface area (Å²) in [5, 5.41) is 5.75. The topological polar surface area (TPSA) is 62.8 Å². The summed E-state index contributed by atoms with van der Waals surface area (Å²) >= 11 is 0. The van der Waals surface area contributed by atoms with Crippen LogP contribution in [0.4, 0.5) is 4.79 Å². The predicted octanol–water partition coefficient (Wildman–Crippen LogP) is 1.31. The molecular formula is C17H27N3O3. The van der Waals surface area contributed by atoms with Crippen molar-refractivity contribution in [3.8, 4) is 0 Å². The van der Waals surface area contributed by atoms with Crippen molar-refractivity contribution in [2.75, 3.05) is 53.1 Å². The Kier molecular flexibility index (Phi) is 7.32. The van der Waals surface area contributed by atoms with Crippen molar-refractivity contribution >= 4 is 6.03 Å². The van der Waals surface area contributed by atoms with Crippen molar-refractivity contribution in [3.63, 3.8) is 0 Å². The van der Waals surface area contributed by atoms with E-state index >= 15 is 0 Å². The number of amides is 2. The highest BCUT2D eigenvalue weighted by Crippen LogP contribution is 2.21. The summed E-state index contributed by atoms with van der Waals surface area (Å²) in [4.78, 5) is 14.2. The predicted molar refractivity (Wildman–Crippen MR) is 89.6 cm³/mol. The van der Waals surface area contributed by atoms with Crippen LogP contribution >= 0.6 is 0 Å². The highest BCUT2D eigenvalue weighted by atomic mass is 16.5. The van der Waals surface area contributed by atoms with Crippen LogP contribution in [0.15, 0.2) is 24.3 Å². The molecule has 1 saturated heterocycles. The van der Waals surface area contributed by atoms with E-state index in [0.717, 1.165) is 26.3 Å². The Labute approximate surface area is 138 Å². The first kappa shape index (κ1) is 17.7. The van der Waals surface area contributed by atoms with Gasteiger partial charge in [0, 0.05) is 33.3 Å². The average molecular weight is 321 g/mol. The molecule has 2 N–H and O–H groups in total. The quantitative estimate of drug-likeness (QED) is 0.744. The van der Waals surface area contributed by atoms with E-state index in [1.165, 1.54) is 11.1 Å². The van der Waals surface area contributed by atoms with Crippen LogP contribution in [0, 0.1) is 6.92 Å². The summed E-state index contributed by atoms with van der Waals surface area (Å²) in [6.45, 7) is 6.91. The van der Waals surface area contributed by atoms with E-state index in [0.29, 0.717) is 19.7 Å². The number of ether oxygens (including phenoxy) is 2. The molecule has 1 heterocycles. The fraction of sp³-hybridized carbons (Fsp3) is 0.588. The Balaban J connectivity index is 1.95. The van der Waals surface area contributed by atoms with Crippen molar-refractivity contribution in [2.45, 2.75) is 13.0 Å². The van der Waals surface area contributed by atoms with Gasteiger partial charge in [-0.1, -0.05) is 29.8 Å². The fourth-order valence-electron chi connectivity index (χ4n) is 2.65. The van der Waals surface area contributed by atoms with Gasteiger partial charge in [-0.15, -0.1) is 0 Å². The van der Waals surface area contributed by atoms with Gasteiger partial charge < -0.3 is 20.1 Å². The lowest BCUT2D eigenvalue weighted by Gasteiger charge is -2.35. The lowest BCUT2D eigenvalue weighted by Crippen LogP contribution is -2.46. The molecular weight excluding hydrogens is 294 g/mol. The van der Waals surface area contributed by atoms with E-state index in [4.69, 9.17) is 9.47 Å². The number of carbonyl (C=O) groups is 1. The van der Waals surface area contributed by atoms with Gasteiger partial charge in [0.05, 0.1) is 25.9 Å². The third-order valence-electron chi connectivity index (χ3n) is 4.00. The molecule has 1 aromatic rings. The summed E-state index contributed by atoms with van der Waals surface area (Å²) in [7, 11) is 1.62. The van der Waals surface area contributed by atoms with Gasteiger partial charge in [0.2, 0.25) is 0 Å². The van der Waals surface area contributed by atoms with E-state index in [1.807, 2.05) is 0 Å². The lowest BCUT2D eigenvalue weighted by atomic mass is 10.0. The summed E-state index contributed by atoms with van der Waals surface area (Å²) < 4.78 is 10.4. The van der Waals surface area contributed by atoms with Crippen LogP contribution in [0.3, 0.4) is 0 Å². The van der Waals surface area contributed by atoms with E-state index in [2.05, 4.69) is 46.7 Å². The first-order chi connectivity index (χ1) is 11.2. The van der Waals surface area contributed by atoms with Crippen molar-refractivity contribution in [2.24, 2.45) is 0 Å². The number of rotatable bonds is 7. The number of hydrogen-bond acceptors (Lipinski definition) is 4. The molecule has 23 heavy (non-hydrogen) atoms. The molecule has 6 nitrogen and oxygen atoms in total. The van der Waals surface area contributed by atoms with Crippen molar-refractivity contribution in [3.05, 3.63) is 35.4 Å². The van der Waals surface area contributed by atoms with E-state index in [1.54, 1.807) is 7.11 Å². The molecule has 0 aliphatic carbocycles. The third kappa shape index (κ3) is 5.82. The highest BCUT2D eigenvalue weighted by Gasteiger charge is 2.23. The first-order valence-corrected chi connectivity index (χ1v) is 8.09. The van der Waals surface area contributed by atoms with Crippen LogP contribution < -0.4 is 10.6 Å². The molecule has 1 atom stereocenters. The second-order valence-electron chi connectivity index (χ2n) is 5.70. The average Bonchev–Trinajstić information content (AvgIpc) is 2.58. The summed E-state index contributed by atoms with van der Waals surface area (Å²) in [6.07, 6.45) is 0. The van der Waals surface area contributed by atoms with E-state index in [-0.39, 0.29) is 12.1 Å². The monoisotopic (exact) mass is 321 g/mol. The Hall–Kier alpha value is -1.63. The number of carbonyl (C=O) groups excluding carboxylic acids is 1. The highest BCUT2D eigenvalue weighted by molar-refractivity contribution is 5.73. The van der Waals surface area contributed by atoms with Crippen molar-refractivity contribution in [1.82, 2.24) is 15.5 Å². The molecule has 0 spiro atoms. The minimum absolute atomic E-state index is 0.160. The van der Waals surface area contributed by atoms with Gasteiger partial charge in [-0.2, -0.15) is 0 Å². The molecule has 1 fully saturated rings. The number of hydrogen-bond donors (Lipinski definition) is 2. The molecule has 128 valence electrons. The van der Waals surface area contributed by atoms with Crippen LogP contribution in [0.25, 0.3) is 0 Å². The van der Waals surface area contributed by atoms with Gasteiger partial charge in [-0.25, -0.2) is 4.79 Å². The van der Waals surface area contributed by atoms with Gasteiger partial charge >= 0.3 is 6.03 Å². The summed E-state index contributed by atoms with van der Waals surface area (Å²) in [5.41, 5.74) is 2.45. The number of methoxy groups -OCH3 is 1. The Morgan fingerprint density at radius 3 is 2.61 bits per heavy atom. The largest absolute Gasteiger partial charge is 0.383 e. The molecule has 2 amide bonds. The molecule has 0 saturated carbocycles. The number of benzene rings is 1. The van der Waals surface area contributed by atoms with Crippen LogP contribution in [0.1, 0.15) is 17.2 Å². The molecule has 2 rings (SSSR count). The standard InChI is InChI=1S/C17H27N3O3/c1-14-3-5-15(6-4-14)16(20-8-11-23-12-9-20)13-19-17(21)18-7-10-22-2/h3-6,16H,7-13H2,1-2H3,(H2,18,19,21).